The van der Waals surface area contributed by atoms with Crippen LogP contribution >= 0.6 is 0 Å². The Hall–Kier alpha value is -1.38. The van der Waals surface area contributed by atoms with Crippen LogP contribution in [-0.2, 0) is 17.8 Å². The Bertz CT molecular complexity index is 339. The third kappa shape index (κ3) is 3.70. The van der Waals surface area contributed by atoms with Crippen molar-refractivity contribution in [1.29, 1.82) is 0 Å². The van der Waals surface area contributed by atoms with Gasteiger partial charge in [0.05, 0.1) is 6.42 Å². The molecule has 0 aliphatic carbocycles. The quantitative estimate of drug-likeness (QED) is 0.670. The van der Waals surface area contributed by atoms with Crippen LogP contribution in [0.1, 0.15) is 32.5 Å². The van der Waals surface area contributed by atoms with Crippen molar-refractivity contribution in [1.82, 2.24) is 9.55 Å². The normalized spacial score (nSPS) is 11.1. The summed E-state index contributed by atoms with van der Waals surface area (Å²) in [6.45, 7) is 5.06. The SMILES string of the molecule is CC/C=C/C(=O)Cc1nccn1CCC. The zero-order valence-corrected chi connectivity index (χ0v) is 9.44. The van der Waals surface area contributed by atoms with Crippen LogP contribution in [-0.4, -0.2) is 15.3 Å². The maximum Gasteiger partial charge on any atom is 0.162 e. The molecule has 0 unspecified atom stereocenters. The largest absolute Gasteiger partial charge is 0.335 e. The number of allylic oxidation sites excluding steroid dienone is 2. The molecule has 1 aromatic rings. The molecule has 0 spiro atoms. The third-order valence-corrected chi connectivity index (χ3v) is 2.14. The van der Waals surface area contributed by atoms with Gasteiger partial charge in [-0.1, -0.05) is 19.9 Å². The lowest BCUT2D eigenvalue weighted by atomic mass is 10.2. The van der Waals surface area contributed by atoms with Crippen molar-refractivity contribution in [3.8, 4) is 0 Å². The van der Waals surface area contributed by atoms with Crippen molar-refractivity contribution in [2.24, 2.45) is 0 Å². The van der Waals surface area contributed by atoms with Crippen molar-refractivity contribution in [2.45, 2.75) is 39.7 Å². The van der Waals surface area contributed by atoms with Gasteiger partial charge in [0.1, 0.15) is 5.82 Å². The van der Waals surface area contributed by atoms with Crippen LogP contribution in [0.4, 0.5) is 0 Å². The van der Waals surface area contributed by atoms with E-state index in [0.717, 1.165) is 25.2 Å². The van der Waals surface area contributed by atoms with Crippen molar-refractivity contribution < 1.29 is 4.79 Å². The minimum absolute atomic E-state index is 0.125. The van der Waals surface area contributed by atoms with Crippen LogP contribution in [0.2, 0.25) is 0 Å². The average Bonchev–Trinajstić information content (AvgIpc) is 2.63. The molecule has 0 aromatic carbocycles. The van der Waals surface area contributed by atoms with Gasteiger partial charge in [0.15, 0.2) is 5.78 Å². The predicted molar refractivity (Wildman–Crippen MR) is 60.7 cm³/mol. The number of rotatable bonds is 6. The number of ketones is 1. The number of nitrogens with zero attached hydrogens (tertiary/aromatic N) is 2. The first-order chi connectivity index (χ1) is 7.27. The molecular formula is C12H18N2O. The van der Waals surface area contributed by atoms with Gasteiger partial charge in [-0.3, -0.25) is 4.79 Å². The maximum atomic E-state index is 11.5. The molecule has 0 atom stereocenters. The monoisotopic (exact) mass is 206 g/mol. The van der Waals surface area contributed by atoms with Gasteiger partial charge in [0.25, 0.3) is 0 Å². The predicted octanol–water partition coefficient (Wildman–Crippen LogP) is 2.37. The van der Waals surface area contributed by atoms with Gasteiger partial charge in [-0.25, -0.2) is 4.98 Å². The Morgan fingerprint density at radius 2 is 2.33 bits per heavy atom. The smallest absolute Gasteiger partial charge is 0.162 e. The van der Waals surface area contributed by atoms with Crippen molar-refractivity contribution >= 4 is 5.78 Å². The fraction of sp³-hybridized carbons (Fsp3) is 0.500. The van der Waals surface area contributed by atoms with E-state index in [1.807, 2.05) is 23.8 Å². The molecule has 15 heavy (non-hydrogen) atoms. The lowest BCUT2D eigenvalue weighted by molar-refractivity contribution is -0.114. The summed E-state index contributed by atoms with van der Waals surface area (Å²) in [4.78, 5) is 15.7. The van der Waals surface area contributed by atoms with E-state index >= 15 is 0 Å². The second-order valence-corrected chi connectivity index (χ2v) is 3.49. The maximum absolute atomic E-state index is 11.5. The second-order valence-electron chi connectivity index (χ2n) is 3.49. The molecule has 0 saturated heterocycles. The molecule has 0 radical (unpaired) electrons. The van der Waals surface area contributed by atoms with Crippen LogP contribution in [0.3, 0.4) is 0 Å². The minimum Gasteiger partial charge on any atom is -0.335 e. The first-order valence-corrected chi connectivity index (χ1v) is 5.47. The molecule has 0 fully saturated rings. The molecule has 3 heteroatoms. The van der Waals surface area contributed by atoms with E-state index in [1.54, 1.807) is 12.3 Å². The molecular weight excluding hydrogens is 188 g/mol. The van der Waals surface area contributed by atoms with Crippen molar-refractivity contribution in [2.75, 3.05) is 0 Å². The fourth-order valence-corrected chi connectivity index (χ4v) is 1.42. The molecule has 0 aliphatic rings. The first kappa shape index (κ1) is 11.7. The number of aromatic nitrogens is 2. The van der Waals surface area contributed by atoms with Gasteiger partial charge in [-0.05, 0) is 18.9 Å². The molecule has 1 rings (SSSR count). The zero-order chi connectivity index (χ0) is 11.1. The summed E-state index contributed by atoms with van der Waals surface area (Å²) in [6.07, 6.45) is 9.57. The average molecular weight is 206 g/mol. The number of aryl methyl sites for hydroxylation is 1. The van der Waals surface area contributed by atoms with E-state index in [-0.39, 0.29) is 5.78 Å². The van der Waals surface area contributed by atoms with Crippen molar-refractivity contribution in [3.05, 3.63) is 30.4 Å². The van der Waals surface area contributed by atoms with E-state index in [1.165, 1.54) is 0 Å². The van der Waals surface area contributed by atoms with E-state index in [0.29, 0.717) is 6.42 Å². The lowest BCUT2D eigenvalue weighted by Gasteiger charge is -2.03. The molecule has 0 amide bonds. The standard InChI is InChI=1S/C12H18N2O/c1-3-5-6-11(15)10-12-13-7-9-14(12)8-4-2/h5-7,9H,3-4,8,10H2,1-2H3/b6-5+. The summed E-state index contributed by atoms with van der Waals surface area (Å²) in [5.74, 6) is 0.989. The van der Waals surface area contributed by atoms with Crippen molar-refractivity contribution in [3.63, 3.8) is 0 Å². The summed E-state index contributed by atoms with van der Waals surface area (Å²) in [5.41, 5.74) is 0. The van der Waals surface area contributed by atoms with Gasteiger partial charge < -0.3 is 4.57 Å². The highest BCUT2D eigenvalue weighted by atomic mass is 16.1. The van der Waals surface area contributed by atoms with E-state index in [4.69, 9.17) is 0 Å². The zero-order valence-electron chi connectivity index (χ0n) is 9.44. The fourth-order valence-electron chi connectivity index (χ4n) is 1.42. The van der Waals surface area contributed by atoms with E-state index in [9.17, 15) is 4.79 Å². The molecule has 82 valence electrons. The Labute approximate surface area is 90.8 Å². The number of imidazole rings is 1. The first-order valence-electron chi connectivity index (χ1n) is 5.47. The molecule has 1 aromatic heterocycles. The molecule has 3 nitrogen and oxygen atoms in total. The Morgan fingerprint density at radius 3 is 3.00 bits per heavy atom. The molecule has 0 N–H and O–H groups in total. The Kier molecular flexibility index (Phi) is 4.81. The van der Waals surface area contributed by atoms with Gasteiger partial charge >= 0.3 is 0 Å². The highest BCUT2D eigenvalue weighted by molar-refractivity contribution is 5.90. The summed E-state index contributed by atoms with van der Waals surface area (Å²) in [7, 11) is 0. The summed E-state index contributed by atoms with van der Waals surface area (Å²) >= 11 is 0. The highest BCUT2D eigenvalue weighted by Crippen LogP contribution is 2.01. The highest BCUT2D eigenvalue weighted by Gasteiger charge is 2.05. The molecule has 0 bridgehead atoms. The number of carbonyl (C=O) groups excluding carboxylic acids is 1. The summed E-state index contributed by atoms with van der Waals surface area (Å²) in [5, 5.41) is 0. The lowest BCUT2D eigenvalue weighted by Crippen LogP contribution is -2.07. The van der Waals surface area contributed by atoms with Crippen LogP contribution in [0, 0.1) is 0 Å². The number of carbonyl (C=O) groups is 1. The van der Waals surface area contributed by atoms with Crippen LogP contribution in [0.15, 0.2) is 24.5 Å². The Balaban J connectivity index is 2.59. The van der Waals surface area contributed by atoms with Crippen LogP contribution in [0.5, 0.6) is 0 Å². The Morgan fingerprint density at radius 1 is 1.53 bits per heavy atom. The van der Waals surface area contributed by atoms with Gasteiger partial charge in [0.2, 0.25) is 0 Å². The molecule has 1 heterocycles. The minimum atomic E-state index is 0.125. The van der Waals surface area contributed by atoms with Gasteiger partial charge in [-0.15, -0.1) is 0 Å². The number of hydrogen-bond acceptors (Lipinski definition) is 2. The van der Waals surface area contributed by atoms with Crippen LogP contribution in [0.25, 0.3) is 0 Å². The second kappa shape index (κ2) is 6.17. The summed E-state index contributed by atoms with van der Waals surface area (Å²) < 4.78 is 2.04. The van der Waals surface area contributed by atoms with Gasteiger partial charge in [-0.2, -0.15) is 0 Å². The topological polar surface area (TPSA) is 34.9 Å². The summed E-state index contributed by atoms with van der Waals surface area (Å²) in [6, 6.07) is 0. The van der Waals surface area contributed by atoms with E-state index in [2.05, 4.69) is 11.9 Å². The van der Waals surface area contributed by atoms with E-state index < -0.39 is 0 Å². The number of hydrogen-bond donors (Lipinski definition) is 0. The molecule has 0 aliphatic heterocycles. The van der Waals surface area contributed by atoms with Crippen LogP contribution < -0.4 is 0 Å². The third-order valence-electron chi connectivity index (χ3n) is 2.14. The van der Waals surface area contributed by atoms with Gasteiger partial charge in [0, 0.05) is 18.9 Å². The molecule has 0 saturated carbocycles.